The van der Waals surface area contributed by atoms with Gasteiger partial charge in [-0.05, 0) is 53.5 Å². The Hall–Kier alpha value is -3.60. The normalized spacial score (nSPS) is 14.0. The molecule has 1 aliphatic heterocycles. The molecule has 0 atom stereocenters. The Balaban J connectivity index is 2.02. The Morgan fingerprint density at radius 1 is 1.21 bits per heavy atom. The fourth-order valence-corrected chi connectivity index (χ4v) is 3.26. The SMILES string of the molecule is CCCOc1ccc(C2(c3ccc(CCC(=O)O)cc3C)N=NN=N2)cc1C#N. The van der Waals surface area contributed by atoms with Crippen LogP contribution in [0.3, 0.4) is 0 Å². The summed E-state index contributed by atoms with van der Waals surface area (Å²) in [6.45, 7) is 4.43. The molecule has 2 aromatic rings. The number of hydrogen-bond acceptors (Lipinski definition) is 7. The van der Waals surface area contributed by atoms with Crippen molar-refractivity contribution < 1.29 is 14.6 Å². The molecular formula is C21H21N5O3. The highest BCUT2D eigenvalue weighted by atomic mass is 16.5. The van der Waals surface area contributed by atoms with Gasteiger partial charge in [-0.15, -0.1) is 10.2 Å². The second-order valence-electron chi connectivity index (χ2n) is 6.77. The number of hydrogen-bond donors (Lipinski definition) is 1. The smallest absolute Gasteiger partial charge is 0.303 e. The molecule has 148 valence electrons. The van der Waals surface area contributed by atoms with E-state index < -0.39 is 11.6 Å². The Kier molecular flexibility index (Phi) is 5.98. The molecule has 8 nitrogen and oxygen atoms in total. The summed E-state index contributed by atoms with van der Waals surface area (Å²) in [5, 5.41) is 34.5. The van der Waals surface area contributed by atoms with Gasteiger partial charge in [0.15, 0.2) is 0 Å². The zero-order valence-electron chi connectivity index (χ0n) is 16.3. The van der Waals surface area contributed by atoms with Crippen LogP contribution in [0.5, 0.6) is 5.75 Å². The van der Waals surface area contributed by atoms with Crippen LogP contribution in [0.2, 0.25) is 0 Å². The molecule has 0 radical (unpaired) electrons. The molecule has 0 bridgehead atoms. The highest BCUT2D eigenvalue weighted by Gasteiger charge is 2.39. The number of nitrogens with zero attached hydrogens (tertiary/aromatic N) is 5. The minimum absolute atomic E-state index is 0.0636. The summed E-state index contributed by atoms with van der Waals surface area (Å²) in [4.78, 5) is 10.8. The van der Waals surface area contributed by atoms with Crippen molar-refractivity contribution >= 4 is 5.97 Å². The first-order chi connectivity index (χ1) is 14.0. The lowest BCUT2D eigenvalue weighted by atomic mass is 9.87. The van der Waals surface area contributed by atoms with E-state index in [1.807, 2.05) is 38.1 Å². The van der Waals surface area contributed by atoms with Crippen molar-refractivity contribution in [1.82, 2.24) is 0 Å². The van der Waals surface area contributed by atoms with Gasteiger partial charge in [0.1, 0.15) is 11.8 Å². The zero-order chi connectivity index (χ0) is 20.9. The summed E-state index contributed by atoms with van der Waals surface area (Å²) < 4.78 is 5.64. The third-order valence-electron chi connectivity index (χ3n) is 4.68. The maximum absolute atomic E-state index is 10.8. The maximum Gasteiger partial charge on any atom is 0.303 e. The molecule has 0 aliphatic carbocycles. The maximum atomic E-state index is 10.8. The third kappa shape index (κ3) is 4.14. The molecule has 0 spiro atoms. The summed E-state index contributed by atoms with van der Waals surface area (Å²) in [5.74, 6) is -0.322. The fraction of sp³-hybridized carbons (Fsp3) is 0.333. The number of carboxylic acids is 1. The van der Waals surface area contributed by atoms with Crippen molar-refractivity contribution in [2.45, 2.75) is 38.8 Å². The molecule has 0 aromatic heterocycles. The van der Waals surface area contributed by atoms with Crippen molar-refractivity contribution in [1.29, 1.82) is 5.26 Å². The molecule has 0 unspecified atom stereocenters. The predicted octanol–water partition coefficient (Wildman–Crippen LogP) is 4.71. The molecule has 0 saturated heterocycles. The Labute approximate surface area is 168 Å². The Bertz CT molecular complexity index is 1010. The number of aryl methyl sites for hydroxylation is 2. The van der Waals surface area contributed by atoms with Crippen LogP contribution in [-0.4, -0.2) is 17.7 Å². The number of aliphatic carboxylic acids is 1. The van der Waals surface area contributed by atoms with Crippen molar-refractivity contribution in [3.63, 3.8) is 0 Å². The van der Waals surface area contributed by atoms with Crippen molar-refractivity contribution in [3.05, 3.63) is 64.2 Å². The average molecular weight is 391 g/mol. The Morgan fingerprint density at radius 3 is 2.59 bits per heavy atom. The van der Waals surface area contributed by atoms with Crippen molar-refractivity contribution in [3.8, 4) is 11.8 Å². The molecule has 3 rings (SSSR count). The van der Waals surface area contributed by atoms with Crippen LogP contribution < -0.4 is 4.74 Å². The van der Waals surface area contributed by atoms with E-state index in [2.05, 4.69) is 26.7 Å². The molecule has 0 amide bonds. The van der Waals surface area contributed by atoms with Crippen LogP contribution in [0.4, 0.5) is 0 Å². The van der Waals surface area contributed by atoms with Crippen LogP contribution in [0.25, 0.3) is 0 Å². The van der Waals surface area contributed by atoms with Crippen LogP contribution in [0.15, 0.2) is 57.1 Å². The van der Waals surface area contributed by atoms with E-state index in [1.54, 1.807) is 12.1 Å². The highest BCUT2D eigenvalue weighted by molar-refractivity contribution is 5.67. The molecular weight excluding hydrogens is 370 g/mol. The topological polar surface area (TPSA) is 120 Å². The zero-order valence-corrected chi connectivity index (χ0v) is 16.3. The number of ether oxygens (including phenoxy) is 1. The van der Waals surface area contributed by atoms with Crippen LogP contribution in [-0.2, 0) is 16.9 Å². The second kappa shape index (κ2) is 8.61. The number of carboxylic acid groups (broad SMARTS) is 1. The standard InChI is InChI=1S/C21H21N5O3/c1-3-10-29-19-8-6-17(12-16(19)13-22)21(23-25-26-24-21)18-7-4-15(11-14(18)2)5-9-20(27)28/h4,6-8,11-12H,3,5,9-10H2,1-2H3,(H,27,28). The summed E-state index contributed by atoms with van der Waals surface area (Å²) >= 11 is 0. The molecule has 29 heavy (non-hydrogen) atoms. The molecule has 2 aromatic carbocycles. The Morgan fingerprint density at radius 2 is 1.97 bits per heavy atom. The van der Waals surface area contributed by atoms with Gasteiger partial charge in [-0.25, -0.2) is 0 Å². The van der Waals surface area contributed by atoms with Gasteiger partial charge in [-0.1, -0.05) is 31.2 Å². The lowest BCUT2D eigenvalue weighted by molar-refractivity contribution is -0.136. The van der Waals surface area contributed by atoms with Gasteiger partial charge in [-0.2, -0.15) is 5.26 Å². The van der Waals surface area contributed by atoms with Gasteiger partial charge in [0.2, 0.25) is 5.66 Å². The first-order valence-electron chi connectivity index (χ1n) is 9.33. The summed E-state index contributed by atoms with van der Waals surface area (Å²) in [7, 11) is 0. The van der Waals surface area contributed by atoms with Gasteiger partial charge in [0, 0.05) is 17.5 Å². The minimum Gasteiger partial charge on any atom is -0.492 e. The molecule has 1 N–H and O–H groups in total. The number of rotatable bonds is 8. The van der Waals surface area contributed by atoms with E-state index >= 15 is 0 Å². The van der Waals surface area contributed by atoms with Crippen molar-refractivity contribution in [2.24, 2.45) is 20.7 Å². The summed E-state index contributed by atoms with van der Waals surface area (Å²) in [5.41, 5.74) is 2.44. The molecule has 0 fully saturated rings. The number of carbonyl (C=O) groups is 1. The monoisotopic (exact) mass is 391 g/mol. The van der Waals surface area contributed by atoms with Crippen LogP contribution in [0, 0.1) is 18.3 Å². The highest BCUT2D eigenvalue weighted by Crippen LogP contribution is 2.42. The van der Waals surface area contributed by atoms with E-state index in [0.717, 1.165) is 23.1 Å². The molecule has 8 heteroatoms. The summed E-state index contributed by atoms with van der Waals surface area (Å²) in [6.07, 6.45) is 1.34. The van der Waals surface area contributed by atoms with E-state index in [0.29, 0.717) is 29.9 Å². The lowest BCUT2D eigenvalue weighted by Crippen LogP contribution is -2.22. The van der Waals surface area contributed by atoms with Crippen LogP contribution >= 0.6 is 0 Å². The molecule has 0 saturated carbocycles. The van der Waals surface area contributed by atoms with Gasteiger partial charge >= 0.3 is 5.97 Å². The van der Waals surface area contributed by atoms with E-state index in [9.17, 15) is 10.1 Å². The van der Waals surface area contributed by atoms with Gasteiger partial charge in [0.25, 0.3) is 0 Å². The van der Waals surface area contributed by atoms with E-state index in [1.165, 1.54) is 0 Å². The predicted molar refractivity (Wildman–Crippen MR) is 105 cm³/mol. The third-order valence-corrected chi connectivity index (χ3v) is 4.68. The first-order valence-corrected chi connectivity index (χ1v) is 9.33. The van der Waals surface area contributed by atoms with Crippen molar-refractivity contribution in [2.75, 3.05) is 6.61 Å². The fourth-order valence-electron chi connectivity index (χ4n) is 3.26. The average Bonchev–Trinajstić information content (AvgIpc) is 3.21. The van der Waals surface area contributed by atoms with E-state index in [4.69, 9.17) is 9.84 Å². The minimum atomic E-state index is -1.18. The van der Waals surface area contributed by atoms with E-state index in [-0.39, 0.29) is 6.42 Å². The largest absolute Gasteiger partial charge is 0.492 e. The molecule has 1 aliphatic rings. The van der Waals surface area contributed by atoms with Gasteiger partial charge in [-0.3, -0.25) is 4.79 Å². The van der Waals surface area contributed by atoms with Crippen LogP contribution in [0.1, 0.15) is 47.6 Å². The quantitative estimate of drug-likeness (QED) is 0.700. The number of benzene rings is 2. The molecule has 1 heterocycles. The van der Waals surface area contributed by atoms with Gasteiger partial charge < -0.3 is 9.84 Å². The number of nitriles is 1. The first kappa shape index (κ1) is 20.1. The lowest BCUT2D eigenvalue weighted by Gasteiger charge is -2.24. The van der Waals surface area contributed by atoms with Gasteiger partial charge in [0.05, 0.1) is 12.2 Å². The second-order valence-corrected chi connectivity index (χ2v) is 6.77. The summed E-state index contributed by atoms with van der Waals surface area (Å²) in [6, 6.07) is 13.1.